The minimum atomic E-state index is -3.76. The molecule has 0 fully saturated rings. The van der Waals surface area contributed by atoms with Crippen LogP contribution in [0.4, 0.5) is 5.69 Å². The molecule has 106 valence electrons. The van der Waals surface area contributed by atoms with Crippen LogP contribution in [0.2, 0.25) is 0 Å². The number of hydrogen-bond acceptors (Lipinski definition) is 5. The van der Waals surface area contributed by atoms with Crippen LogP contribution in [0.15, 0.2) is 36.8 Å². The molecular formula is C11H12N4O4S. The molecule has 0 aliphatic heterocycles. The van der Waals surface area contributed by atoms with E-state index in [2.05, 4.69) is 14.8 Å². The monoisotopic (exact) mass is 296 g/mol. The number of carbonyl (C=O) groups is 1. The Morgan fingerprint density at radius 3 is 2.80 bits per heavy atom. The maximum absolute atomic E-state index is 11.8. The molecule has 2 aromatic rings. The third-order valence-electron chi connectivity index (χ3n) is 2.36. The van der Waals surface area contributed by atoms with Crippen LogP contribution >= 0.6 is 0 Å². The number of anilines is 1. The third kappa shape index (κ3) is 3.54. The molecule has 2 heterocycles. The summed E-state index contributed by atoms with van der Waals surface area (Å²) in [7, 11) is -3.76. The summed E-state index contributed by atoms with van der Waals surface area (Å²) >= 11 is 0. The molecule has 0 aromatic carbocycles. The first-order valence-corrected chi connectivity index (χ1v) is 7.30. The van der Waals surface area contributed by atoms with E-state index in [9.17, 15) is 13.2 Å². The topological polar surface area (TPSA) is 114 Å². The molecule has 8 nitrogen and oxygen atoms in total. The van der Waals surface area contributed by atoms with Crippen molar-refractivity contribution in [2.45, 2.75) is 6.42 Å². The highest BCUT2D eigenvalue weighted by molar-refractivity contribution is 7.92. The maximum Gasteiger partial charge on any atom is 0.304 e. The summed E-state index contributed by atoms with van der Waals surface area (Å²) in [6.07, 6.45) is 4.20. The molecule has 2 aromatic heterocycles. The molecule has 0 amide bonds. The Morgan fingerprint density at radius 1 is 1.35 bits per heavy atom. The molecule has 2 N–H and O–H groups in total. The van der Waals surface area contributed by atoms with Crippen LogP contribution < -0.4 is 4.72 Å². The van der Waals surface area contributed by atoms with Crippen LogP contribution in [0, 0.1) is 0 Å². The molecule has 0 atom stereocenters. The zero-order chi connectivity index (χ0) is 14.6. The van der Waals surface area contributed by atoms with Gasteiger partial charge in [0.1, 0.15) is 0 Å². The van der Waals surface area contributed by atoms with E-state index >= 15 is 0 Å². The number of sulfonamides is 1. The van der Waals surface area contributed by atoms with Gasteiger partial charge in [0.05, 0.1) is 17.9 Å². The van der Waals surface area contributed by atoms with Crippen LogP contribution in [0.1, 0.15) is 6.42 Å². The lowest BCUT2D eigenvalue weighted by Gasteiger charge is -2.10. The summed E-state index contributed by atoms with van der Waals surface area (Å²) in [4.78, 5) is 14.5. The Bertz CT molecular complexity index is 697. The lowest BCUT2D eigenvalue weighted by atomic mass is 10.4. The summed E-state index contributed by atoms with van der Waals surface area (Å²) in [6, 6.07) is 4.78. The van der Waals surface area contributed by atoms with Crippen molar-refractivity contribution in [3.05, 3.63) is 36.8 Å². The van der Waals surface area contributed by atoms with Gasteiger partial charge in [-0.1, -0.05) is 0 Å². The summed E-state index contributed by atoms with van der Waals surface area (Å²) < 4.78 is 27.3. The molecule has 20 heavy (non-hydrogen) atoms. The number of carboxylic acid groups (broad SMARTS) is 1. The Hall–Kier alpha value is -2.42. The van der Waals surface area contributed by atoms with Gasteiger partial charge in [0, 0.05) is 18.6 Å². The molecular weight excluding hydrogens is 284 g/mol. The van der Waals surface area contributed by atoms with Crippen LogP contribution in [0.3, 0.4) is 0 Å². The van der Waals surface area contributed by atoms with Crippen molar-refractivity contribution in [1.82, 2.24) is 14.8 Å². The van der Waals surface area contributed by atoms with Crippen molar-refractivity contribution in [2.24, 2.45) is 0 Å². The molecule has 0 saturated heterocycles. The van der Waals surface area contributed by atoms with Gasteiger partial charge >= 0.3 is 5.97 Å². The van der Waals surface area contributed by atoms with E-state index in [1.807, 2.05) is 0 Å². The highest BCUT2D eigenvalue weighted by atomic mass is 32.2. The largest absolute Gasteiger partial charge is 0.481 e. The van der Waals surface area contributed by atoms with Crippen molar-refractivity contribution in [1.29, 1.82) is 0 Å². The second-order valence-corrected chi connectivity index (χ2v) is 5.73. The predicted molar refractivity (Wildman–Crippen MR) is 71.0 cm³/mol. The van der Waals surface area contributed by atoms with Crippen molar-refractivity contribution in [3.8, 4) is 5.82 Å². The second kappa shape index (κ2) is 5.70. The van der Waals surface area contributed by atoms with Crippen LogP contribution in [0.25, 0.3) is 5.82 Å². The van der Waals surface area contributed by atoms with E-state index < -0.39 is 28.2 Å². The van der Waals surface area contributed by atoms with E-state index in [-0.39, 0.29) is 5.69 Å². The molecule has 0 aliphatic carbocycles. The highest BCUT2D eigenvalue weighted by Crippen LogP contribution is 2.17. The SMILES string of the molecule is O=C(O)CCS(=O)(=O)Nc1cccnc1-n1cccn1. The first kappa shape index (κ1) is 14.0. The Morgan fingerprint density at radius 2 is 2.15 bits per heavy atom. The van der Waals surface area contributed by atoms with Gasteiger partial charge in [0.25, 0.3) is 0 Å². The standard InChI is InChI=1S/C11H12N4O4S/c16-10(17)4-8-20(18,19)14-9-3-1-5-12-11(9)15-7-2-6-13-15/h1-3,5-7,14H,4,8H2,(H,16,17). The van der Waals surface area contributed by atoms with Gasteiger partial charge in [-0.3, -0.25) is 9.52 Å². The van der Waals surface area contributed by atoms with E-state index in [1.165, 1.54) is 23.1 Å². The highest BCUT2D eigenvalue weighted by Gasteiger charge is 2.16. The lowest BCUT2D eigenvalue weighted by molar-refractivity contribution is -0.136. The fraction of sp³-hybridized carbons (Fsp3) is 0.182. The summed E-state index contributed by atoms with van der Waals surface area (Å²) in [6.45, 7) is 0. The van der Waals surface area contributed by atoms with E-state index in [1.54, 1.807) is 18.3 Å². The molecule has 9 heteroatoms. The third-order valence-corrected chi connectivity index (χ3v) is 3.63. The summed E-state index contributed by atoms with van der Waals surface area (Å²) in [5.41, 5.74) is 0.238. The Kier molecular flexibility index (Phi) is 3.99. The molecule has 0 aliphatic rings. The average molecular weight is 296 g/mol. The number of aliphatic carboxylic acids is 1. The van der Waals surface area contributed by atoms with Crippen LogP contribution in [-0.4, -0.2) is 40.0 Å². The number of nitrogens with one attached hydrogen (secondary N) is 1. The van der Waals surface area contributed by atoms with Gasteiger partial charge in [-0.25, -0.2) is 18.1 Å². The molecule has 0 saturated carbocycles. The molecule has 0 bridgehead atoms. The smallest absolute Gasteiger partial charge is 0.304 e. The summed E-state index contributed by atoms with van der Waals surface area (Å²) in [5.74, 6) is -1.36. The molecule has 0 radical (unpaired) electrons. The van der Waals surface area contributed by atoms with Gasteiger partial charge in [-0.15, -0.1) is 0 Å². The molecule has 2 rings (SSSR count). The van der Waals surface area contributed by atoms with Gasteiger partial charge < -0.3 is 5.11 Å². The number of nitrogens with zero attached hydrogens (tertiary/aromatic N) is 3. The number of hydrogen-bond donors (Lipinski definition) is 2. The van der Waals surface area contributed by atoms with Gasteiger partial charge in [-0.05, 0) is 18.2 Å². The van der Waals surface area contributed by atoms with Gasteiger partial charge in [-0.2, -0.15) is 5.10 Å². The van der Waals surface area contributed by atoms with E-state index in [0.29, 0.717) is 5.82 Å². The first-order valence-electron chi connectivity index (χ1n) is 5.65. The Balaban J connectivity index is 2.24. The zero-order valence-corrected chi connectivity index (χ0v) is 11.1. The van der Waals surface area contributed by atoms with Crippen molar-refractivity contribution < 1.29 is 18.3 Å². The zero-order valence-electron chi connectivity index (χ0n) is 10.3. The van der Waals surface area contributed by atoms with Crippen molar-refractivity contribution in [2.75, 3.05) is 10.5 Å². The normalized spacial score (nSPS) is 11.2. The van der Waals surface area contributed by atoms with Crippen LogP contribution in [-0.2, 0) is 14.8 Å². The first-order chi connectivity index (χ1) is 9.48. The van der Waals surface area contributed by atoms with Crippen molar-refractivity contribution in [3.63, 3.8) is 0 Å². The fourth-order valence-electron chi connectivity index (χ4n) is 1.49. The second-order valence-electron chi connectivity index (χ2n) is 3.89. The maximum atomic E-state index is 11.8. The van der Waals surface area contributed by atoms with E-state index in [4.69, 9.17) is 5.11 Å². The number of carboxylic acids is 1. The molecule has 0 spiro atoms. The summed E-state index contributed by atoms with van der Waals surface area (Å²) in [5, 5.41) is 12.5. The van der Waals surface area contributed by atoms with Crippen molar-refractivity contribution >= 4 is 21.7 Å². The predicted octanol–water partition coefficient (Wildman–Crippen LogP) is 0.484. The number of rotatable bonds is 6. The Labute approximate surface area is 115 Å². The van der Waals surface area contributed by atoms with Crippen LogP contribution in [0.5, 0.6) is 0 Å². The minimum absolute atomic E-state index is 0.238. The lowest BCUT2D eigenvalue weighted by Crippen LogP contribution is -2.20. The fourth-order valence-corrected chi connectivity index (χ4v) is 2.53. The van der Waals surface area contributed by atoms with Gasteiger partial charge in [0.2, 0.25) is 10.0 Å². The molecule has 0 unspecified atom stereocenters. The number of aromatic nitrogens is 3. The average Bonchev–Trinajstić information content (AvgIpc) is 2.90. The van der Waals surface area contributed by atoms with E-state index in [0.717, 1.165) is 0 Å². The minimum Gasteiger partial charge on any atom is -0.481 e. The van der Waals surface area contributed by atoms with Gasteiger partial charge in [0.15, 0.2) is 5.82 Å². The quantitative estimate of drug-likeness (QED) is 0.801. The number of pyridine rings is 1.